The monoisotopic (exact) mass is 309 g/mol. The summed E-state index contributed by atoms with van der Waals surface area (Å²) in [5, 5.41) is 3.84. The second-order valence-corrected chi connectivity index (χ2v) is 6.21. The van der Waals surface area contributed by atoms with Gasteiger partial charge in [0.05, 0.1) is 7.11 Å². The molecule has 0 fully saturated rings. The Morgan fingerprint density at radius 2 is 2.05 bits per heavy atom. The van der Waals surface area contributed by atoms with E-state index in [1.807, 2.05) is 32.9 Å². The zero-order chi connectivity index (χ0) is 16.0. The average Bonchev–Trinajstić information content (AvgIpc) is 2.59. The van der Waals surface area contributed by atoms with E-state index >= 15 is 0 Å². The zero-order valence-electron chi connectivity index (χ0n) is 13.1. The molecule has 0 radical (unpaired) electrons. The number of allylic oxidation sites excluding steroid dienone is 5. The van der Waals surface area contributed by atoms with Crippen LogP contribution in [0.2, 0.25) is 0 Å². The Morgan fingerprint density at radius 3 is 2.62 bits per heavy atom. The van der Waals surface area contributed by atoms with E-state index in [0.717, 1.165) is 10.9 Å². The number of methoxy groups -OCH3 is 1. The van der Waals surface area contributed by atoms with Crippen LogP contribution in [-0.2, 0) is 14.3 Å². The molecule has 0 heterocycles. The lowest BCUT2D eigenvalue weighted by Crippen LogP contribution is -2.42. The Labute approximate surface area is 128 Å². The topological polar surface area (TPSA) is 55.4 Å². The van der Waals surface area contributed by atoms with Crippen molar-refractivity contribution in [2.75, 3.05) is 7.11 Å². The predicted molar refractivity (Wildman–Crippen MR) is 87.7 cm³/mol. The van der Waals surface area contributed by atoms with Crippen molar-refractivity contribution < 1.29 is 14.3 Å². The van der Waals surface area contributed by atoms with E-state index in [4.69, 9.17) is 4.74 Å². The quantitative estimate of drug-likeness (QED) is 0.627. The van der Waals surface area contributed by atoms with Crippen molar-refractivity contribution in [3.63, 3.8) is 0 Å². The summed E-state index contributed by atoms with van der Waals surface area (Å²) in [6.45, 7) is 6.01. The maximum absolute atomic E-state index is 12.3. The number of amides is 1. The first-order chi connectivity index (χ1) is 9.85. The fraction of sp³-hybridized carbons (Fsp3) is 0.500. The van der Waals surface area contributed by atoms with E-state index in [2.05, 4.69) is 14.6 Å². The minimum atomic E-state index is -0.601. The van der Waals surface area contributed by atoms with Gasteiger partial charge in [0.25, 0.3) is 0 Å². The van der Waals surface area contributed by atoms with Crippen LogP contribution >= 0.6 is 9.24 Å². The highest BCUT2D eigenvalue weighted by Gasteiger charge is 2.23. The van der Waals surface area contributed by atoms with Crippen molar-refractivity contribution in [1.82, 2.24) is 5.32 Å². The molecule has 0 bridgehead atoms. The average molecular weight is 309 g/mol. The number of hydrogen-bond acceptors (Lipinski definition) is 3. The van der Waals surface area contributed by atoms with E-state index in [9.17, 15) is 9.59 Å². The van der Waals surface area contributed by atoms with Gasteiger partial charge in [0.1, 0.15) is 6.04 Å². The molecule has 4 nitrogen and oxygen atoms in total. The van der Waals surface area contributed by atoms with Crippen molar-refractivity contribution in [3.05, 3.63) is 34.7 Å². The van der Waals surface area contributed by atoms with Gasteiger partial charge in [-0.05, 0) is 36.6 Å². The third kappa shape index (κ3) is 5.47. The minimum absolute atomic E-state index is 0.217. The van der Waals surface area contributed by atoms with E-state index in [1.54, 1.807) is 6.08 Å². The molecule has 0 spiro atoms. The van der Waals surface area contributed by atoms with Gasteiger partial charge in [0, 0.05) is 5.57 Å². The molecule has 1 rings (SSSR count). The number of carbonyl (C=O) groups excluding carboxylic acids is 2. The molecule has 116 valence electrons. The lowest BCUT2D eigenvalue weighted by atomic mass is 10.0. The van der Waals surface area contributed by atoms with Crippen molar-refractivity contribution in [3.8, 4) is 0 Å². The molecule has 0 saturated carbocycles. The summed E-state index contributed by atoms with van der Waals surface area (Å²) in [6, 6.07) is -0.601. The number of hydrogen-bond donors (Lipinski definition) is 1. The maximum atomic E-state index is 12.3. The molecular formula is C16H24NO3P. The molecule has 21 heavy (non-hydrogen) atoms. The summed E-state index contributed by atoms with van der Waals surface area (Å²) < 4.78 is 4.76. The fourth-order valence-electron chi connectivity index (χ4n) is 2.02. The second-order valence-electron chi connectivity index (χ2n) is 5.58. The number of nitrogens with one attached hydrogen (secondary N) is 1. The third-order valence-electron chi connectivity index (χ3n) is 3.34. The van der Waals surface area contributed by atoms with Gasteiger partial charge in [0.15, 0.2) is 0 Å². The molecule has 1 N–H and O–H groups in total. The van der Waals surface area contributed by atoms with E-state index < -0.39 is 12.0 Å². The smallest absolute Gasteiger partial charge is 0.328 e. The molecule has 0 aromatic carbocycles. The molecule has 5 heteroatoms. The number of esters is 1. The van der Waals surface area contributed by atoms with Crippen molar-refractivity contribution in [2.45, 2.75) is 39.7 Å². The van der Waals surface area contributed by atoms with Crippen LogP contribution in [-0.4, -0.2) is 25.0 Å². The predicted octanol–water partition coefficient (Wildman–Crippen LogP) is 2.73. The second kappa shape index (κ2) is 8.14. The lowest BCUT2D eigenvalue weighted by molar-refractivity contribution is -0.145. The first-order valence-corrected chi connectivity index (χ1v) is 7.65. The summed E-state index contributed by atoms with van der Waals surface area (Å²) in [4.78, 5) is 24.1. The van der Waals surface area contributed by atoms with Crippen LogP contribution in [0, 0.1) is 5.92 Å². The van der Waals surface area contributed by atoms with Gasteiger partial charge < -0.3 is 10.1 Å². The largest absolute Gasteiger partial charge is 0.467 e. The normalized spacial score (nSPS) is 16.4. The van der Waals surface area contributed by atoms with Gasteiger partial charge in [-0.25, -0.2) is 4.79 Å². The van der Waals surface area contributed by atoms with Gasteiger partial charge in [-0.3, -0.25) is 4.79 Å². The SMILES string of the molecule is COC(=O)[C@@H](CC(C)C)NC(=O)C1=CC=C(P)C(C)=CC1. The summed E-state index contributed by atoms with van der Waals surface area (Å²) in [7, 11) is 3.98. The van der Waals surface area contributed by atoms with Gasteiger partial charge in [-0.2, -0.15) is 0 Å². The minimum Gasteiger partial charge on any atom is -0.467 e. The molecule has 0 aromatic heterocycles. The van der Waals surface area contributed by atoms with E-state index in [0.29, 0.717) is 18.4 Å². The number of rotatable bonds is 5. The number of ether oxygens (including phenoxy) is 1. The molecule has 0 aliphatic heterocycles. The molecule has 1 amide bonds. The highest BCUT2D eigenvalue weighted by Crippen LogP contribution is 2.22. The Kier molecular flexibility index (Phi) is 6.83. The molecule has 2 atom stereocenters. The molecule has 0 saturated heterocycles. The zero-order valence-corrected chi connectivity index (χ0v) is 14.3. The Balaban J connectivity index is 2.81. The lowest BCUT2D eigenvalue weighted by Gasteiger charge is -2.18. The van der Waals surface area contributed by atoms with E-state index in [-0.39, 0.29) is 11.8 Å². The molecular weight excluding hydrogens is 285 g/mol. The van der Waals surface area contributed by atoms with Crippen LogP contribution in [0.5, 0.6) is 0 Å². The molecule has 1 unspecified atom stereocenters. The van der Waals surface area contributed by atoms with Crippen LogP contribution in [0.1, 0.15) is 33.6 Å². The fourth-order valence-corrected chi connectivity index (χ4v) is 2.23. The van der Waals surface area contributed by atoms with Crippen molar-refractivity contribution in [2.24, 2.45) is 5.92 Å². The summed E-state index contributed by atoms with van der Waals surface area (Å²) in [6.07, 6.45) is 6.82. The van der Waals surface area contributed by atoms with Crippen molar-refractivity contribution in [1.29, 1.82) is 0 Å². The van der Waals surface area contributed by atoms with Gasteiger partial charge in [-0.1, -0.05) is 32.1 Å². The Morgan fingerprint density at radius 1 is 1.38 bits per heavy atom. The van der Waals surface area contributed by atoms with Crippen LogP contribution in [0.15, 0.2) is 34.7 Å². The van der Waals surface area contributed by atoms with Crippen LogP contribution in [0.25, 0.3) is 0 Å². The Hall–Kier alpha value is -1.41. The third-order valence-corrected chi connectivity index (χ3v) is 3.99. The van der Waals surface area contributed by atoms with Crippen molar-refractivity contribution >= 4 is 21.1 Å². The van der Waals surface area contributed by atoms with Crippen LogP contribution in [0.3, 0.4) is 0 Å². The van der Waals surface area contributed by atoms with E-state index in [1.165, 1.54) is 7.11 Å². The molecule has 1 aliphatic rings. The maximum Gasteiger partial charge on any atom is 0.328 e. The van der Waals surface area contributed by atoms with Crippen LogP contribution in [0.4, 0.5) is 0 Å². The van der Waals surface area contributed by atoms with Gasteiger partial charge in [0.2, 0.25) is 5.91 Å². The molecule has 1 aliphatic carbocycles. The number of carbonyl (C=O) groups is 2. The molecule has 0 aromatic rings. The summed E-state index contributed by atoms with van der Waals surface area (Å²) >= 11 is 0. The van der Waals surface area contributed by atoms with Gasteiger partial charge in [-0.15, -0.1) is 9.24 Å². The van der Waals surface area contributed by atoms with Crippen LogP contribution < -0.4 is 5.32 Å². The Bertz CT molecular complexity index is 504. The highest BCUT2D eigenvalue weighted by atomic mass is 31.0. The first kappa shape index (κ1) is 17.6. The standard InChI is InChI=1S/C16H24NO3P/c1-10(2)9-13(16(19)20-4)17-15(18)12-6-5-11(3)14(21)8-7-12/h5,7-8,10,13H,6,9,21H2,1-4H3,(H,17,18)/t13-/m1/s1. The summed E-state index contributed by atoms with van der Waals surface area (Å²) in [5.41, 5.74) is 1.77. The first-order valence-electron chi connectivity index (χ1n) is 7.07. The van der Waals surface area contributed by atoms with Gasteiger partial charge >= 0.3 is 5.97 Å². The summed E-state index contributed by atoms with van der Waals surface area (Å²) in [5.74, 6) is -0.329. The highest BCUT2D eigenvalue weighted by molar-refractivity contribution is 7.23.